The maximum atomic E-state index is 15.1. The van der Waals surface area contributed by atoms with E-state index in [0.29, 0.717) is 25.7 Å². The minimum absolute atomic E-state index is 0.263. The van der Waals surface area contributed by atoms with Gasteiger partial charge in [0.2, 0.25) is 0 Å². The van der Waals surface area contributed by atoms with Crippen molar-refractivity contribution in [3.8, 4) is 0 Å². The second-order valence-electron chi connectivity index (χ2n) is 23.4. The van der Waals surface area contributed by atoms with Crippen LogP contribution in [0.3, 0.4) is 0 Å². The Balaban J connectivity index is 1.53. The summed E-state index contributed by atoms with van der Waals surface area (Å²) in [7, 11) is -5.59. The maximum Gasteiger partial charge on any atom is 0.333 e. The first-order valence-corrected chi connectivity index (χ1v) is 33.5. The Morgan fingerprint density at radius 2 is 1.40 bits per heavy atom. The molecule has 2 aromatic rings. The Morgan fingerprint density at radius 1 is 0.753 bits per heavy atom. The lowest BCUT2D eigenvalue weighted by molar-refractivity contribution is -0.360. The molecule has 6 rings (SSSR count). The van der Waals surface area contributed by atoms with E-state index in [2.05, 4.69) is 52.9 Å². The third kappa shape index (κ3) is 16.1. The lowest BCUT2D eigenvalue weighted by Gasteiger charge is -2.50. The van der Waals surface area contributed by atoms with E-state index in [1.807, 2.05) is 82.4 Å². The van der Waals surface area contributed by atoms with Crippen LogP contribution in [0.15, 0.2) is 78.4 Å². The predicted octanol–water partition coefficient (Wildman–Crippen LogP) is 9.75. The molecule has 1 unspecified atom stereocenters. The van der Waals surface area contributed by atoms with E-state index in [4.69, 9.17) is 51.8 Å². The van der Waals surface area contributed by atoms with Crippen LogP contribution in [-0.2, 0) is 75.8 Å². The van der Waals surface area contributed by atoms with Crippen LogP contribution in [0.4, 0.5) is 0 Å². The van der Waals surface area contributed by atoms with Gasteiger partial charge in [-0.25, -0.2) is 9.59 Å². The molecule has 16 nitrogen and oxygen atoms in total. The summed E-state index contributed by atoms with van der Waals surface area (Å²) >= 11 is 0. The van der Waals surface area contributed by atoms with E-state index >= 15 is 4.79 Å². The molecule has 0 radical (unpaired) electrons. The Hall–Kier alpha value is -4.38. The minimum atomic E-state index is -2.93. The molecule has 0 saturated carbocycles. The van der Waals surface area contributed by atoms with Crippen LogP contribution >= 0.6 is 0 Å². The summed E-state index contributed by atoms with van der Waals surface area (Å²) in [4.78, 5) is 69.1. The number of cyclic esters (lactones) is 1. The largest absolute Gasteiger partial charge is 0.463 e. The van der Waals surface area contributed by atoms with E-state index in [9.17, 15) is 19.2 Å². The minimum Gasteiger partial charge on any atom is -0.463 e. The number of ketones is 1. The molecule has 77 heavy (non-hydrogen) atoms. The number of fused-ring (bicyclic) bond motifs is 5. The van der Waals surface area contributed by atoms with Crippen molar-refractivity contribution in [2.24, 2.45) is 0 Å². The first-order valence-electron chi connectivity index (χ1n) is 27.6. The van der Waals surface area contributed by atoms with E-state index < -0.39 is 131 Å². The Kier molecular flexibility index (Phi) is 21.5. The zero-order valence-electron chi connectivity index (χ0n) is 48.0. The maximum absolute atomic E-state index is 15.1. The van der Waals surface area contributed by atoms with Crippen LogP contribution in [0.25, 0.3) is 5.20 Å². The highest BCUT2D eigenvalue weighted by Gasteiger charge is 2.60. The SMILES string of the molecule is C/C=C(\C)C(=O)O[C@@H]1[C@@H](O[Si](C)(C)C(C)(C)C)[C@@H]2O[C@H]3[C@H](O[C@@H](CCC)CCCCCC(OC(C)=O)C(=O)CCC(=O)OC[C@@H](O2)[C@H]1OC(=O)/C=C(\c1ccccc1)[Si](C)(C)c1ccccc1)O[C@H](C)[C@@H]1OC(C)(C)O[C@@H]13. The van der Waals surface area contributed by atoms with Gasteiger partial charge >= 0.3 is 23.9 Å². The number of ether oxygens (including phenoxy) is 10. The molecule has 4 saturated heterocycles. The first-order chi connectivity index (χ1) is 36.2. The lowest BCUT2D eigenvalue weighted by atomic mass is 9.96. The summed E-state index contributed by atoms with van der Waals surface area (Å²) < 4.78 is 73.1. The van der Waals surface area contributed by atoms with Crippen LogP contribution in [0.5, 0.6) is 0 Å². The summed E-state index contributed by atoms with van der Waals surface area (Å²) in [5.41, 5.74) is 1.10. The number of carbonyl (C=O) groups excluding carboxylic acids is 5. The number of rotatable bonds is 12. The van der Waals surface area contributed by atoms with Crippen LogP contribution in [0.1, 0.15) is 133 Å². The topological polar surface area (TPSA) is 187 Å². The second-order valence-corrected chi connectivity index (χ2v) is 32.5. The zero-order chi connectivity index (χ0) is 56.5. The summed E-state index contributed by atoms with van der Waals surface area (Å²) in [6.45, 7) is 26.3. The molecule has 426 valence electrons. The molecule has 18 heteroatoms. The van der Waals surface area contributed by atoms with Crippen molar-refractivity contribution in [1.82, 2.24) is 0 Å². The van der Waals surface area contributed by atoms with Crippen LogP contribution in [0.2, 0.25) is 31.2 Å². The molecule has 0 amide bonds. The fraction of sp³-hybridized carbons (Fsp3) is 0.644. The molecule has 12 atom stereocenters. The van der Waals surface area contributed by atoms with Crippen molar-refractivity contribution in [3.63, 3.8) is 0 Å². The third-order valence-electron chi connectivity index (χ3n) is 15.5. The monoisotopic (exact) mass is 1110 g/mol. The number of hydrogen-bond acceptors (Lipinski definition) is 16. The highest BCUT2D eigenvalue weighted by atomic mass is 28.4. The van der Waals surface area contributed by atoms with Crippen LogP contribution < -0.4 is 5.19 Å². The number of allylic oxidation sites excluding steroid dienone is 1. The first kappa shape index (κ1) is 61.8. The average molecular weight is 1110 g/mol. The van der Waals surface area contributed by atoms with Crippen molar-refractivity contribution in [2.45, 2.75) is 238 Å². The van der Waals surface area contributed by atoms with Crippen molar-refractivity contribution in [2.75, 3.05) is 6.61 Å². The summed E-state index contributed by atoms with van der Waals surface area (Å²) in [5.74, 6) is -4.32. The summed E-state index contributed by atoms with van der Waals surface area (Å²) in [5, 5.41) is 1.43. The van der Waals surface area contributed by atoms with Gasteiger partial charge in [0.15, 0.2) is 50.8 Å². The van der Waals surface area contributed by atoms with Crippen molar-refractivity contribution < 1.29 is 75.8 Å². The normalized spacial score (nSPS) is 30.5. The zero-order valence-corrected chi connectivity index (χ0v) is 50.0. The lowest BCUT2D eigenvalue weighted by Crippen LogP contribution is -2.67. The van der Waals surface area contributed by atoms with E-state index in [0.717, 1.165) is 28.8 Å². The third-order valence-corrected chi connectivity index (χ3v) is 23.6. The van der Waals surface area contributed by atoms with Gasteiger partial charge in [-0.15, -0.1) is 0 Å². The van der Waals surface area contributed by atoms with Gasteiger partial charge in [0, 0.05) is 25.0 Å². The molecule has 0 aliphatic carbocycles. The van der Waals surface area contributed by atoms with Crippen molar-refractivity contribution in [3.05, 3.63) is 84.0 Å². The van der Waals surface area contributed by atoms with E-state index in [1.54, 1.807) is 19.9 Å². The number of hydrogen-bond donors (Lipinski definition) is 0. The summed E-state index contributed by atoms with van der Waals surface area (Å²) in [6.07, 6.45) is -5.35. The van der Waals surface area contributed by atoms with E-state index in [1.165, 1.54) is 13.0 Å². The quantitative estimate of drug-likeness (QED) is 0.0845. The number of benzene rings is 2. The Bertz CT molecular complexity index is 2380. The molecule has 0 N–H and O–H groups in total. The fourth-order valence-electron chi connectivity index (χ4n) is 10.1. The van der Waals surface area contributed by atoms with Gasteiger partial charge in [0.1, 0.15) is 45.2 Å². The highest BCUT2D eigenvalue weighted by Crippen LogP contribution is 2.44. The molecule has 2 aromatic carbocycles. The number of Topliss-reactive ketones (excluding diaryl/α,β-unsaturated/α-hetero) is 1. The molecule has 4 aliphatic heterocycles. The molecule has 4 aliphatic rings. The second kappa shape index (κ2) is 26.7. The van der Waals surface area contributed by atoms with Crippen LogP contribution in [0, 0.1) is 0 Å². The predicted molar refractivity (Wildman–Crippen MR) is 295 cm³/mol. The van der Waals surface area contributed by atoms with Crippen molar-refractivity contribution in [1.29, 1.82) is 0 Å². The summed E-state index contributed by atoms with van der Waals surface area (Å²) in [6, 6.07) is 19.6. The fourth-order valence-corrected chi connectivity index (χ4v) is 14.0. The van der Waals surface area contributed by atoms with Gasteiger partial charge in [-0.1, -0.05) is 132 Å². The van der Waals surface area contributed by atoms with Crippen LogP contribution in [-0.4, -0.2) is 132 Å². The van der Waals surface area contributed by atoms with Gasteiger partial charge in [0.05, 0.1) is 18.6 Å². The molecule has 0 spiro atoms. The van der Waals surface area contributed by atoms with Gasteiger partial charge < -0.3 is 51.8 Å². The molecular formula is C59H86O16Si2. The molecular weight excluding hydrogens is 1020 g/mol. The highest BCUT2D eigenvalue weighted by molar-refractivity contribution is 7.04. The van der Waals surface area contributed by atoms with Gasteiger partial charge in [0.25, 0.3) is 0 Å². The smallest absolute Gasteiger partial charge is 0.333 e. The van der Waals surface area contributed by atoms with E-state index in [-0.39, 0.29) is 30.9 Å². The van der Waals surface area contributed by atoms with Gasteiger partial charge in [-0.05, 0) is 89.2 Å². The van der Waals surface area contributed by atoms with Gasteiger partial charge in [-0.2, -0.15) is 0 Å². The number of esters is 4. The number of carbonyl (C=O) groups is 5. The van der Waals surface area contributed by atoms with Crippen molar-refractivity contribution >= 4 is 56.4 Å². The van der Waals surface area contributed by atoms with Gasteiger partial charge in [-0.3, -0.25) is 14.4 Å². The molecule has 4 heterocycles. The standard InChI is InChI=1S/C59H86O16Si2/c1-15-26-41-29-22-18-25-32-44(67-39(5)60)43(61)33-34-47(62)65-36-45-50(70-48(63)35-46(40-27-20-17-21-28-40)76(11,12)42-30-23-19-24-31-42)51(71-55(64)37(3)16-2)54(75-77(13,14)58(6,7)8)57(69-45)72-53-52-49(73-59(9,10)74-52)38(4)66-56(53)68-41/h16-17,19-21,23-24,27-28,30-31,35,38,41,44-45,49-54,56-57H,15,18,22,25-26,29,32-34,36H2,1-14H3/b37-16+,46-35+/t38-,41+,44?,45-,49+,50-,51+,52+,53-,54-,56+,57+/m1/s1. The molecule has 2 bridgehead atoms. The Morgan fingerprint density at radius 3 is 2.04 bits per heavy atom. The Labute approximate surface area is 458 Å². The molecule has 0 aromatic heterocycles. The average Bonchev–Trinajstić information content (AvgIpc) is 3.75. The molecule has 4 fully saturated rings.